The molecule has 0 aromatic heterocycles. The van der Waals surface area contributed by atoms with Gasteiger partial charge in [0.2, 0.25) is 0 Å². The van der Waals surface area contributed by atoms with Gasteiger partial charge in [0.15, 0.2) is 0 Å². The molecule has 1 aliphatic heterocycles. The summed E-state index contributed by atoms with van der Waals surface area (Å²) in [5.41, 5.74) is -1.54. The van der Waals surface area contributed by atoms with E-state index in [4.69, 9.17) is 0 Å². The lowest BCUT2D eigenvalue weighted by atomic mass is 9.96. The fraction of sp³-hybridized carbons (Fsp3) is 0.462. The predicted octanol–water partition coefficient (Wildman–Crippen LogP) is 3.26. The molecule has 0 saturated heterocycles. The second-order valence-corrected chi connectivity index (χ2v) is 5.00. The summed E-state index contributed by atoms with van der Waals surface area (Å²) in [5.74, 6) is -0.234. The highest BCUT2D eigenvalue weighted by atomic mass is 19.4. The smallest absolute Gasteiger partial charge is 0.369 e. The van der Waals surface area contributed by atoms with Gasteiger partial charge in [0.25, 0.3) is 5.91 Å². The largest absolute Gasteiger partial charge is 0.418 e. The van der Waals surface area contributed by atoms with Gasteiger partial charge in [-0.2, -0.15) is 13.2 Å². The molecule has 1 aliphatic rings. The van der Waals surface area contributed by atoms with Gasteiger partial charge in [-0.25, -0.2) is 0 Å². The molecule has 0 unspecified atom stereocenters. The monoisotopic (exact) mass is 272 g/mol. The summed E-state index contributed by atoms with van der Waals surface area (Å²) in [6.45, 7) is 5.23. The van der Waals surface area contributed by atoms with Crippen molar-refractivity contribution in [1.29, 1.82) is 0 Å². The van der Waals surface area contributed by atoms with Crippen molar-refractivity contribution in [2.75, 3.05) is 16.8 Å². The van der Waals surface area contributed by atoms with Crippen molar-refractivity contribution in [3.05, 3.63) is 23.8 Å². The Hall–Kier alpha value is -1.72. The highest BCUT2D eigenvalue weighted by Crippen LogP contribution is 2.44. The summed E-state index contributed by atoms with van der Waals surface area (Å²) in [6.07, 6.45) is -4.45. The van der Waals surface area contributed by atoms with E-state index in [1.54, 1.807) is 20.8 Å². The molecule has 0 fully saturated rings. The molecule has 0 atom stereocenters. The first-order valence-corrected chi connectivity index (χ1v) is 5.99. The summed E-state index contributed by atoms with van der Waals surface area (Å²) in [4.78, 5) is 13.6. The van der Waals surface area contributed by atoms with Crippen molar-refractivity contribution in [2.45, 2.75) is 32.5 Å². The van der Waals surface area contributed by atoms with Gasteiger partial charge in [-0.3, -0.25) is 4.79 Å². The Morgan fingerprint density at radius 3 is 2.47 bits per heavy atom. The SMILES string of the molecule is CCN1C(=O)C(C)(C)Nc2c1cccc2C(F)(F)F. The quantitative estimate of drug-likeness (QED) is 0.851. The molecule has 1 aromatic rings. The van der Waals surface area contributed by atoms with Crippen LogP contribution in [0.25, 0.3) is 0 Å². The Balaban J connectivity index is 2.66. The average molecular weight is 272 g/mol. The number of hydrogen-bond donors (Lipinski definition) is 1. The number of para-hydroxylation sites is 1. The van der Waals surface area contributed by atoms with Crippen molar-refractivity contribution in [1.82, 2.24) is 0 Å². The van der Waals surface area contributed by atoms with Gasteiger partial charge >= 0.3 is 6.18 Å². The van der Waals surface area contributed by atoms with E-state index in [0.717, 1.165) is 6.07 Å². The molecule has 0 saturated carbocycles. The molecule has 0 bridgehead atoms. The summed E-state index contributed by atoms with van der Waals surface area (Å²) in [7, 11) is 0. The number of anilines is 2. The second-order valence-electron chi connectivity index (χ2n) is 5.00. The van der Waals surface area contributed by atoms with Crippen molar-refractivity contribution in [2.24, 2.45) is 0 Å². The third-order valence-electron chi connectivity index (χ3n) is 3.17. The number of alkyl halides is 3. The van der Waals surface area contributed by atoms with Crippen LogP contribution in [0.5, 0.6) is 0 Å². The maximum absolute atomic E-state index is 13.0. The normalized spacial score (nSPS) is 18.0. The van der Waals surface area contributed by atoms with E-state index in [9.17, 15) is 18.0 Å². The van der Waals surface area contributed by atoms with Gasteiger partial charge in [0, 0.05) is 6.54 Å². The molecule has 1 heterocycles. The van der Waals surface area contributed by atoms with Crippen LogP contribution in [-0.2, 0) is 11.0 Å². The number of fused-ring (bicyclic) bond motifs is 1. The predicted molar refractivity (Wildman–Crippen MR) is 67.2 cm³/mol. The molecule has 1 amide bonds. The first-order valence-electron chi connectivity index (χ1n) is 5.99. The maximum atomic E-state index is 13.0. The van der Waals surface area contributed by atoms with Gasteiger partial charge in [-0.15, -0.1) is 0 Å². The molecule has 1 N–H and O–H groups in total. The molecule has 3 nitrogen and oxygen atoms in total. The zero-order valence-electron chi connectivity index (χ0n) is 10.9. The lowest BCUT2D eigenvalue weighted by Gasteiger charge is -2.40. The van der Waals surface area contributed by atoms with Gasteiger partial charge in [0.1, 0.15) is 5.54 Å². The number of amides is 1. The van der Waals surface area contributed by atoms with Gasteiger partial charge < -0.3 is 10.2 Å². The van der Waals surface area contributed by atoms with Crippen molar-refractivity contribution < 1.29 is 18.0 Å². The molecule has 1 aromatic carbocycles. The molecule has 6 heteroatoms. The number of nitrogens with zero attached hydrogens (tertiary/aromatic N) is 1. The fourth-order valence-electron chi connectivity index (χ4n) is 2.26. The average Bonchev–Trinajstić information content (AvgIpc) is 2.28. The minimum absolute atomic E-state index is 0.0264. The number of hydrogen-bond acceptors (Lipinski definition) is 2. The molecule has 2 rings (SSSR count). The van der Waals surface area contributed by atoms with E-state index in [2.05, 4.69) is 5.32 Å². The Bertz CT molecular complexity index is 523. The van der Waals surface area contributed by atoms with E-state index in [1.165, 1.54) is 17.0 Å². The topological polar surface area (TPSA) is 32.3 Å². The molecule has 104 valence electrons. The van der Waals surface area contributed by atoms with Crippen LogP contribution in [0.2, 0.25) is 0 Å². The number of carbonyl (C=O) groups is 1. The van der Waals surface area contributed by atoms with Crippen molar-refractivity contribution in [3.8, 4) is 0 Å². The number of nitrogens with one attached hydrogen (secondary N) is 1. The molecule has 0 aliphatic carbocycles. The summed E-state index contributed by atoms with van der Waals surface area (Å²) < 4.78 is 39.0. The standard InChI is InChI=1S/C13H15F3N2O/c1-4-18-9-7-5-6-8(13(14,15)16)10(9)17-12(2,3)11(18)19/h5-7,17H,4H2,1-3H3. The fourth-order valence-corrected chi connectivity index (χ4v) is 2.26. The number of rotatable bonds is 1. The minimum Gasteiger partial charge on any atom is -0.369 e. The first-order chi connectivity index (χ1) is 8.68. The summed E-state index contributed by atoms with van der Waals surface area (Å²) in [5, 5.41) is 2.71. The summed E-state index contributed by atoms with van der Waals surface area (Å²) >= 11 is 0. The van der Waals surface area contributed by atoms with Crippen LogP contribution < -0.4 is 10.2 Å². The Morgan fingerprint density at radius 1 is 1.32 bits per heavy atom. The summed E-state index contributed by atoms with van der Waals surface area (Å²) in [6, 6.07) is 3.86. The number of benzene rings is 1. The molecule has 0 spiro atoms. The van der Waals surface area contributed by atoms with Gasteiger partial charge in [-0.1, -0.05) is 6.07 Å². The third-order valence-corrected chi connectivity index (χ3v) is 3.17. The zero-order valence-corrected chi connectivity index (χ0v) is 10.9. The molecule has 19 heavy (non-hydrogen) atoms. The highest BCUT2D eigenvalue weighted by Gasteiger charge is 2.43. The van der Waals surface area contributed by atoms with Crippen molar-refractivity contribution in [3.63, 3.8) is 0 Å². The minimum atomic E-state index is -4.45. The van der Waals surface area contributed by atoms with Crippen LogP contribution in [0.1, 0.15) is 26.3 Å². The van der Waals surface area contributed by atoms with Crippen molar-refractivity contribution >= 4 is 17.3 Å². The van der Waals surface area contributed by atoms with Gasteiger partial charge in [0.05, 0.1) is 16.9 Å². The zero-order chi connectivity index (χ0) is 14.4. The highest BCUT2D eigenvalue weighted by molar-refractivity contribution is 6.07. The molecule has 0 radical (unpaired) electrons. The van der Waals surface area contributed by atoms with Crippen LogP contribution in [0.4, 0.5) is 24.5 Å². The van der Waals surface area contributed by atoms with E-state index in [0.29, 0.717) is 6.54 Å². The van der Waals surface area contributed by atoms with Crippen LogP contribution in [0, 0.1) is 0 Å². The number of carbonyl (C=O) groups excluding carboxylic acids is 1. The van der Waals surface area contributed by atoms with Crippen LogP contribution in [-0.4, -0.2) is 18.0 Å². The lowest BCUT2D eigenvalue weighted by molar-refractivity contribution is -0.137. The van der Waals surface area contributed by atoms with E-state index < -0.39 is 17.3 Å². The molecular formula is C13H15F3N2O. The van der Waals surface area contributed by atoms with E-state index >= 15 is 0 Å². The third kappa shape index (κ3) is 2.15. The second kappa shape index (κ2) is 4.15. The lowest BCUT2D eigenvalue weighted by Crippen LogP contribution is -2.54. The maximum Gasteiger partial charge on any atom is 0.418 e. The van der Waals surface area contributed by atoms with E-state index in [1.807, 2.05) is 0 Å². The number of halogens is 3. The number of likely N-dealkylation sites (N-methyl/N-ethyl adjacent to an activating group) is 1. The Kier molecular flexibility index (Phi) is 2.99. The Labute approximate surface area is 109 Å². The Morgan fingerprint density at radius 2 is 1.95 bits per heavy atom. The first kappa shape index (κ1) is 13.7. The van der Waals surface area contributed by atoms with E-state index in [-0.39, 0.29) is 17.3 Å². The molecular weight excluding hydrogens is 257 g/mol. The van der Waals surface area contributed by atoms with Crippen LogP contribution in [0.3, 0.4) is 0 Å². The van der Waals surface area contributed by atoms with Gasteiger partial charge in [-0.05, 0) is 32.9 Å². The van der Waals surface area contributed by atoms with Crippen LogP contribution in [0.15, 0.2) is 18.2 Å². The van der Waals surface area contributed by atoms with Crippen LogP contribution >= 0.6 is 0 Å².